The molecule has 0 aliphatic rings. The van der Waals surface area contributed by atoms with Crippen LogP contribution in [-0.2, 0) is 0 Å². The summed E-state index contributed by atoms with van der Waals surface area (Å²) in [5.74, 6) is 0. The van der Waals surface area contributed by atoms with Crippen LogP contribution in [0.3, 0.4) is 0 Å². The molecule has 0 unspecified atom stereocenters. The summed E-state index contributed by atoms with van der Waals surface area (Å²) in [6.07, 6.45) is 1.60. The Balaban J connectivity index is 1.72. The molecule has 0 fully saturated rings. The fourth-order valence-corrected chi connectivity index (χ4v) is 4.33. The molecule has 7 heteroatoms. The van der Waals surface area contributed by atoms with E-state index in [1.807, 2.05) is 44.2 Å². The quantitative estimate of drug-likeness (QED) is 0.444. The molecule has 2 aromatic carbocycles. The number of halogens is 1. The number of H-pyrrole nitrogens is 1. The predicted molar refractivity (Wildman–Crippen MR) is 115 cm³/mol. The molecule has 0 atom stereocenters. The highest BCUT2D eigenvalue weighted by atomic mass is 79.9. The molecule has 0 amide bonds. The van der Waals surface area contributed by atoms with Crippen molar-refractivity contribution in [1.29, 1.82) is 0 Å². The van der Waals surface area contributed by atoms with Gasteiger partial charge in [0.05, 0.1) is 21.5 Å². The van der Waals surface area contributed by atoms with Gasteiger partial charge in [0.2, 0.25) is 5.13 Å². The summed E-state index contributed by atoms with van der Waals surface area (Å²) in [6.45, 7) is 5.90. The van der Waals surface area contributed by atoms with Gasteiger partial charge in [-0.05, 0) is 62.2 Å². The van der Waals surface area contributed by atoms with Gasteiger partial charge in [-0.2, -0.15) is 0 Å². The van der Waals surface area contributed by atoms with Crippen LogP contribution in [0.4, 0.5) is 5.13 Å². The summed E-state index contributed by atoms with van der Waals surface area (Å²) in [5, 5.41) is 3.78. The average molecular weight is 441 g/mol. The number of thiazole rings is 1. The largest absolute Gasteiger partial charge is 0.295 e. The molecule has 5 nitrogen and oxygen atoms in total. The van der Waals surface area contributed by atoms with E-state index in [1.54, 1.807) is 10.9 Å². The second-order valence-electron chi connectivity index (χ2n) is 6.45. The van der Waals surface area contributed by atoms with Gasteiger partial charge in [0.25, 0.3) is 5.56 Å². The first-order valence-corrected chi connectivity index (χ1v) is 10.0. The maximum atomic E-state index is 12.9. The molecule has 4 aromatic rings. The SMILES string of the molecule is Cc1ccc2nc(N=Cc3c(C)[nH]n(-c4ccc(Br)cc4C)c3=O)sc2c1. The van der Waals surface area contributed by atoms with Gasteiger partial charge in [-0.15, -0.1) is 0 Å². The molecule has 0 bridgehead atoms. The lowest BCUT2D eigenvalue weighted by Gasteiger charge is -2.06. The number of hydrogen-bond acceptors (Lipinski definition) is 4. The Morgan fingerprint density at radius 2 is 2.00 bits per heavy atom. The number of hydrogen-bond donors (Lipinski definition) is 1. The Kier molecular flexibility index (Phi) is 4.57. The molecular weight excluding hydrogens is 424 g/mol. The Hall–Kier alpha value is -2.51. The molecule has 2 aromatic heterocycles. The van der Waals surface area contributed by atoms with E-state index in [9.17, 15) is 4.79 Å². The molecule has 0 saturated carbocycles. The van der Waals surface area contributed by atoms with Gasteiger partial charge in [-0.1, -0.05) is 33.3 Å². The van der Waals surface area contributed by atoms with Crippen LogP contribution in [0.5, 0.6) is 0 Å². The number of nitrogens with one attached hydrogen (secondary N) is 1. The summed E-state index contributed by atoms with van der Waals surface area (Å²) in [5.41, 5.74) is 5.11. The molecule has 27 heavy (non-hydrogen) atoms. The molecule has 4 rings (SSSR count). The van der Waals surface area contributed by atoms with E-state index in [4.69, 9.17) is 0 Å². The van der Waals surface area contributed by atoms with E-state index in [0.717, 1.165) is 31.6 Å². The van der Waals surface area contributed by atoms with Crippen molar-refractivity contribution in [3.05, 3.63) is 73.6 Å². The summed E-state index contributed by atoms with van der Waals surface area (Å²) < 4.78 is 3.63. The van der Waals surface area contributed by atoms with Crippen molar-refractivity contribution in [2.75, 3.05) is 0 Å². The highest BCUT2D eigenvalue weighted by Crippen LogP contribution is 2.28. The van der Waals surface area contributed by atoms with Crippen molar-refractivity contribution in [3.8, 4) is 5.69 Å². The predicted octanol–water partition coefficient (Wildman–Crippen LogP) is 5.21. The first kappa shape index (κ1) is 17.9. The van der Waals surface area contributed by atoms with Crippen LogP contribution in [0.2, 0.25) is 0 Å². The van der Waals surface area contributed by atoms with Crippen LogP contribution >= 0.6 is 27.3 Å². The first-order valence-electron chi connectivity index (χ1n) is 8.42. The van der Waals surface area contributed by atoms with E-state index in [-0.39, 0.29) is 5.56 Å². The lowest BCUT2D eigenvalue weighted by Crippen LogP contribution is -2.18. The van der Waals surface area contributed by atoms with Gasteiger partial charge < -0.3 is 0 Å². The Morgan fingerprint density at radius 3 is 2.78 bits per heavy atom. The number of fused-ring (bicyclic) bond motifs is 1. The highest BCUT2D eigenvalue weighted by Gasteiger charge is 2.13. The third kappa shape index (κ3) is 3.40. The molecule has 0 aliphatic heterocycles. The number of aryl methyl sites for hydroxylation is 3. The molecular formula is C20H17BrN4OS. The summed E-state index contributed by atoms with van der Waals surface area (Å²) >= 11 is 4.97. The smallest absolute Gasteiger partial charge is 0.280 e. The van der Waals surface area contributed by atoms with Crippen LogP contribution in [-0.4, -0.2) is 21.0 Å². The number of aromatic nitrogens is 3. The Bertz CT molecular complexity index is 1250. The lowest BCUT2D eigenvalue weighted by molar-refractivity contribution is 0.828. The molecule has 0 saturated heterocycles. The topological polar surface area (TPSA) is 63.0 Å². The lowest BCUT2D eigenvalue weighted by atomic mass is 10.2. The van der Waals surface area contributed by atoms with Crippen molar-refractivity contribution in [2.24, 2.45) is 4.99 Å². The van der Waals surface area contributed by atoms with E-state index >= 15 is 0 Å². The third-order valence-corrected chi connectivity index (χ3v) is 5.77. The monoisotopic (exact) mass is 440 g/mol. The van der Waals surface area contributed by atoms with E-state index in [2.05, 4.69) is 44.0 Å². The fourth-order valence-electron chi connectivity index (χ4n) is 2.95. The van der Waals surface area contributed by atoms with Crippen LogP contribution in [0.25, 0.3) is 15.9 Å². The molecule has 2 heterocycles. The number of aromatic amines is 1. The second kappa shape index (κ2) is 6.90. The summed E-state index contributed by atoms with van der Waals surface area (Å²) in [6, 6.07) is 11.9. The van der Waals surface area contributed by atoms with Gasteiger partial charge in [0.1, 0.15) is 0 Å². The second-order valence-corrected chi connectivity index (χ2v) is 8.37. The fraction of sp³-hybridized carbons (Fsp3) is 0.150. The summed E-state index contributed by atoms with van der Waals surface area (Å²) in [4.78, 5) is 21.8. The van der Waals surface area contributed by atoms with Gasteiger partial charge in [0.15, 0.2) is 0 Å². The van der Waals surface area contributed by atoms with Crippen molar-refractivity contribution in [3.63, 3.8) is 0 Å². The zero-order chi connectivity index (χ0) is 19.1. The minimum Gasteiger partial charge on any atom is -0.295 e. The van der Waals surface area contributed by atoms with Crippen LogP contribution < -0.4 is 5.56 Å². The van der Waals surface area contributed by atoms with Gasteiger partial charge >= 0.3 is 0 Å². The molecule has 0 spiro atoms. The van der Waals surface area contributed by atoms with Gasteiger partial charge in [-0.25, -0.2) is 14.7 Å². The standard InChI is InChI=1S/C20H17BrN4OS/c1-11-4-6-16-18(8-11)27-20(23-16)22-10-15-13(3)24-25(19(15)26)17-7-5-14(21)9-12(17)2/h4-10,24H,1-3H3. The number of benzene rings is 2. The number of aliphatic imine (C=N–C) groups is 1. The zero-order valence-corrected chi connectivity index (χ0v) is 17.5. The molecule has 0 aliphatic carbocycles. The molecule has 1 N–H and O–H groups in total. The number of nitrogens with zero attached hydrogens (tertiary/aromatic N) is 3. The van der Waals surface area contributed by atoms with Crippen LogP contribution in [0.1, 0.15) is 22.4 Å². The van der Waals surface area contributed by atoms with Gasteiger partial charge in [-0.3, -0.25) is 9.89 Å². The third-order valence-electron chi connectivity index (χ3n) is 4.35. The van der Waals surface area contributed by atoms with Crippen molar-refractivity contribution >= 4 is 48.8 Å². The number of rotatable bonds is 3. The maximum absolute atomic E-state index is 12.9. The molecule has 0 radical (unpaired) electrons. The minimum absolute atomic E-state index is 0.126. The van der Waals surface area contributed by atoms with Crippen molar-refractivity contribution in [1.82, 2.24) is 14.8 Å². The molecule has 136 valence electrons. The van der Waals surface area contributed by atoms with Crippen LogP contribution in [0.15, 0.2) is 50.7 Å². The van der Waals surface area contributed by atoms with E-state index in [1.165, 1.54) is 16.9 Å². The van der Waals surface area contributed by atoms with Gasteiger partial charge in [0, 0.05) is 16.4 Å². The Labute approximate surface area is 168 Å². The highest BCUT2D eigenvalue weighted by molar-refractivity contribution is 9.10. The summed E-state index contributed by atoms with van der Waals surface area (Å²) in [7, 11) is 0. The van der Waals surface area contributed by atoms with Crippen LogP contribution in [0, 0.1) is 20.8 Å². The average Bonchev–Trinajstić information content (AvgIpc) is 3.13. The van der Waals surface area contributed by atoms with Crippen molar-refractivity contribution < 1.29 is 0 Å². The maximum Gasteiger partial charge on any atom is 0.280 e. The zero-order valence-electron chi connectivity index (χ0n) is 15.1. The minimum atomic E-state index is -0.126. The van der Waals surface area contributed by atoms with E-state index in [0.29, 0.717) is 10.7 Å². The Morgan fingerprint density at radius 1 is 1.19 bits per heavy atom. The van der Waals surface area contributed by atoms with E-state index < -0.39 is 0 Å². The normalized spacial score (nSPS) is 11.7. The van der Waals surface area contributed by atoms with Crippen molar-refractivity contribution in [2.45, 2.75) is 20.8 Å². The first-order chi connectivity index (χ1) is 12.9.